The number of hydrogen-bond acceptors (Lipinski definition) is 3. The summed E-state index contributed by atoms with van der Waals surface area (Å²) in [5.41, 5.74) is 2.23. The van der Waals surface area contributed by atoms with E-state index in [2.05, 4.69) is 23.2 Å². The standard InChI is InChI=1S/C22H24F2N2O2/c1-15-14-26(10-11-28-15)20-5-3-4-18(12-20)16(2)25-22(27)9-7-17-6-8-19(23)13-21(17)24/h3-9,12-13,15-16H,10-11,14H2,1-2H3,(H,25,27)/b9-7+/t15?,16-/m1/s1. The van der Waals surface area contributed by atoms with Gasteiger partial charge in [-0.2, -0.15) is 0 Å². The van der Waals surface area contributed by atoms with E-state index in [4.69, 9.17) is 4.74 Å². The van der Waals surface area contributed by atoms with Crippen LogP contribution in [0.1, 0.15) is 31.0 Å². The molecule has 3 rings (SSSR count). The summed E-state index contributed by atoms with van der Waals surface area (Å²) in [6.07, 6.45) is 2.77. The molecule has 2 aromatic carbocycles. The molecule has 28 heavy (non-hydrogen) atoms. The Kier molecular flexibility index (Phi) is 6.41. The van der Waals surface area contributed by atoms with E-state index >= 15 is 0 Å². The predicted octanol–water partition coefficient (Wildman–Crippen LogP) is 4.08. The summed E-state index contributed by atoms with van der Waals surface area (Å²) in [4.78, 5) is 14.5. The number of morpholine rings is 1. The maximum Gasteiger partial charge on any atom is 0.244 e. The van der Waals surface area contributed by atoms with Crippen molar-refractivity contribution >= 4 is 17.7 Å². The molecule has 2 atom stereocenters. The fourth-order valence-electron chi connectivity index (χ4n) is 3.19. The maximum absolute atomic E-state index is 13.6. The van der Waals surface area contributed by atoms with Gasteiger partial charge in [-0.15, -0.1) is 0 Å². The van der Waals surface area contributed by atoms with Crippen LogP contribution in [0.3, 0.4) is 0 Å². The molecule has 6 heteroatoms. The van der Waals surface area contributed by atoms with Crippen molar-refractivity contribution in [3.63, 3.8) is 0 Å². The molecule has 0 aromatic heterocycles. The number of benzene rings is 2. The molecule has 148 valence electrons. The molecule has 1 heterocycles. The van der Waals surface area contributed by atoms with Crippen LogP contribution in [-0.2, 0) is 9.53 Å². The third kappa shape index (κ3) is 5.16. The van der Waals surface area contributed by atoms with Gasteiger partial charge in [0.2, 0.25) is 5.91 Å². The number of rotatable bonds is 5. The lowest BCUT2D eigenvalue weighted by atomic mass is 10.1. The zero-order valence-electron chi connectivity index (χ0n) is 16.0. The van der Waals surface area contributed by atoms with Gasteiger partial charge in [-0.3, -0.25) is 4.79 Å². The predicted molar refractivity (Wildman–Crippen MR) is 106 cm³/mol. The first kappa shape index (κ1) is 20.0. The van der Waals surface area contributed by atoms with Gasteiger partial charge in [0.05, 0.1) is 18.8 Å². The molecule has 0 aliphatic carbocycles. The number of anilines is 1. The van der Waals surface area contributed by atoms with Crippen LogP contribution >= 0.6 is 0 Å². The molecule has 0 spiro atoms. The number of amides is 1. The molecule has 0 saturated carbocycles. The van der Waals surface area contributed by atoms with Crippen LogP contribution in [0.5, 0.6) is 0 Å². The van der Waals surface area contributed by atoms with Crippen molar-refractivity contribution in [3.8, 4) is 0 Å². The first-order valence-electron chi connectivity index (χ1n) is 9.32. The van der Waals surface area contributed by atoms with Gasteiger partial charge in [0.25, 0.3) is 0 Å². The van der Waals surface area contributed by atoms with Gasteiger partial charge in [0, 0.05) is 36.5 Å². The SMILES string of the molecule is CC1CN(c2cccc([C@@H](C)NC(=O)/C=C/c3ccc(F)cc3F)c2)CCO1. The lowest BCUT2D eigenvalue weighted by Crippen LogP contribution is -2.41. The summed E-state index contributed by atoms with van der Waals surface area (Å²) < 4.78 is 32.2. The van der Waals surface area contributed by atoms with Gasteiger partial charge in [0.1, 0.15) is 11.6 Å². The van der Waals surface area contributed by atoms with Gasteiger partial charge >= 0.3 is 0 Å². The number of carbonyl (C=O) groups is 1. The van der Waals surface area contributed by atoms with Crippen LogP contribution in [0.4, 0.5) is 14.5 Å². The van der Waals surface area contributed by atoms with Gasteiger partial charge < -0.3 is 15.0 Å². The maximum atomic E-state index is 13.6. The van der Waals surface area contributed by atoms with E-state index in [0.717, 1.165) is 36.5 Å². The Balaban J connectivity index is 1.64. The highest BCUT2D eigenvalue weighted by atomic mass is 19.1. The molecule has 1 aliphatic heterocycles. The van der Waals surface area contributed by atoms with Crippen LogP contribution in [0.15, 0.2) is 48.5 Å². The molecule has 1 amide bonds. The van der Waals surface area contributed by atoms with Gasteiger partial charge in [0.15, 0.2) is 0 Å². The molecule has 1 fully saturated rings. The second kappa shape index (κ2) is 8.97. The summed E-state index contributed by atoms with van der Waals surface area (Å²) in [5, 5.41) is 2.87. The highest BCUT2D eigenvalue weighted by Gasteiger charge is 2.18. The van der Waals surface area contributed by atoms with Gasteiger partial charge in [-0.25, -0.2) is 8.78 Å². The molecule has 0 bridgehead atoms. The minimum absolute atomic E-state index is 0.160. The molecular formula is C22H24F2N2O2. The minimum Gasteiger partial charge on any atom is -0.375 e. The first-order valence-corrected chi connectivity index (χ1v) is 9.32. The molecule has 2 aromatic rings. The van der Waals surface area contributed by atoms with Crippen LogP contribution in [-0.4, -0.2) is 31.7 Å². The lowest BCUT2D eigenvalue weighted by molar-refractivity contribution is -0.117. The van der Waals surface area contributed by atoms with Crippen molar-refractivity contribution < 1.29 is 18.3 Å². The number of carbonyl (C=O) groups excluding carboxylic acids is 1. The minimum atomic E-state index is -0.704. The van der Waals surface area contributed by atoms with Crippen molar-refractivity contribution in [1.29, 1.82) is 0 Å². The van der Waals surface area contributed by atoms with E-state index in [1.54, 1.807) is 0 Å². The highest BCUT2D eigenvalue weighted by molar-refractivity contribution is 5.92. The summed E-state index contributed by atoms with van der Waals surface area (Å²) in [6.45, 7) is 6.31. The Labute approximate surface area is 163 Å². The second-order valence-electron chi connectivity index (χ2n) is 6.95. The summed E-state index contributed by atoms with van der Waals surface area (Å²) in [7, 11) is 0. The Morgan fingerprint density at radius 1 is 1.29 bits per heavy atom. The van der Waals surface area contributed by atoms with Crippen LogP contribution < -0.4 is 10.2 Å². The zero-order valence-corrected chi connectivity index (χ0v) is 16.0. The van der Waals surface area contributed by atoms with Crippen LogP contribution in [0.25, 0.3) is 6.08 Å². The fraction of sp³-hybridized carbons (Fsp3) is 0.318. The molecule has 1 saturated heterocycles. The molecule has 1 unspecified atom stereocenters. The van der Waals surface area contributed by atoms with E-state index in [-0.39, 0.29) is 23.6 Å². The smallest absolute Gasteiger partial charge is 0.244 e. The fourth-order valence-corrected chi connectivity index (χ4v) is 3.19. The van der Waals surface area contributed by atoms with Crippen molar-refractivity contribution in [2.45, 2.75) is 26.0 Å². The Morgan fingerprint density at radius 2 is 2.11 bits per heavy atom. The Bertz CT molecular complexity index is 869. The monoisotopic (exact) mass is 386 g/mol. The Morgan fingerprint density at radius 3 is 2.86 bits per heavy atom. The average Bonchev–Trinajstić information content (AvgIpc) is 2.67. The lowest BCUT2D eigenvalue weighted by Gasteiger charge is -2.33. The number of hydrogen-bond donors (Lipinski definition) is 1. The van der Waals surface area contributed by atoms with E-state index in [1.807, 2.05) is 25.1 Å². The number of halogens is 2. The molecule has 1 N–H and O–H groups in total. The summed E-state index contributed by atoms with van der Waals surface area (Å²) >= 11 is 0. The third-order valence-electron chi connectivity index (χ3n) is 4.71. The molecule has 4 nitrogen and oxygen atoms in total. The van der Waals surface area contributed by atoms with Gasteiger partial charge in [-0.1, -0.05) is 12.1 Å². The van der Waals surface area contributed by atoms with E-state index in [1.165, 1.54) is 18.2 Å². The van der Waals surface area contributed by atoms with E-state index < -0.39 is 11.6 Å². The largest absolute Gasteiger partial charge is 0.375 e. The Hall–Kier alpha value is -2.73. The van der Waals surface area contributed by atoms with Crippen LogP contribution in [0.2, 0.25) is 0 Å². The van der Waals surface area contributed by atoms with Crippen molar-refractivity contribution in [1.82, 2.24) is 5.32 Å². The van der Waals surface area contributed by atoms with E-state index in [0.29, 0.717) is 6.61 Å². The normalized spacial score (nSPS) is 18.3. The highest BCUT2D eigenvalue weighted by Crippen LogP contribution is 2.22. The van der Waals surface area contributed by atoms with Crippen molar-refractivity contribution in [2.24, 2.45) is 0 Å². The van der Waals surface area contributed by atoms with Crippen LogP contribution in [0, 0.1) is 11.6 Å². The number of nitrogens with one attached hydrogen (secondary N) is 1. The summed E-state index contributed by atoms with van der Waals surface area (Å²) in [6, 6.07) is 11.1. The van der Waals surface area contributed by atoms with E-state index in [9.17, 15) is 13.6 Å². The second-order valence-corrected chi connectivity index (χ2v) is 6.95. The summed E-state index contributed by atoms with van der Waals surface area (Å²) in [5.74, 6) is -1.70. The first-order chi connectivity index (χ1) is 13.4. The molecule has 0 radical (unpaired) electrons. The number of ether oxygens (including phenoxy) is 1. The number of nitrogens with zero attached hydrogens (tertiary/aromatic N) is 1. The third-order valence-corrected chi connectivity index (χ3v) is 4.71. The van der Waals surface area contributed by atoms with Crippen molar-refractivity contribution in [3.05, 3.63) is 71.3 Å². The van der Waals surface area contributed by atoms with Crippen molar-refractivity contribution in [2.75, 3.05) is 24.6 Å². The van der Waals surface area contributed by atoms with Gasteiger partial charge in [-0.05, 0) is 49.8 Å². The quantitative estimate of drug-likeness (QED) is 0.788. The zero-order chi connectivity index (χ0) is 20.1. The topological polar surface area (TPSA) is 41.6 Å². The molecular weight excluding hydrogens is 362 g/mol. The average molecular weight is 386 g/mol. The molecule has 1 aliphatic rings.